The average Bonchev–Trinajstić information content (AvgIpc) is 2.98. The number of aryl methyl sites for hydroxylation is 1. The van der Waals surface area contributed by atoms with E-state index >= 15 is 0 Å². The minimum atomic E-state index is -0.0663. The van der Waals surface area contributed by atoms with E-state index < -0.39 is 0 Å². The number of rotatable bonds is 5. The third kappa shape index (κ3) is 3.72. The van der Waals surface area contributed by atoms with Crippen molar-refractivity contribution in [1.82, 2.24) is 9.97 Å². The maximum absolute atomic E-state index is 9.59. The van der Waals surface area contributed by atoms with E-state index in [2.05, 4.69) is 9.97 Å². The molecule has 1 aromatic carbocycles. The van der Waals surface area contributed by atoms with Crippen molar-refractivity contribution >= 4 is 23.1 Å². The number of benzene rings is 1. The number of aliphatic hydroxyl groups excluding tert-OH is 1. The van der Waals surface area contributed by atoms with Gasteiger partial charge in [0.25, 0.3) is 5.19 Å². The van der Waals surface area contributed by atoms with E-state index in [4.69, 9.17) is 4.74 Å². The Morgan fingerprint density at radius 1 is 1.22 bits per heavy atom. The van der Waals surface area contributed by atoms with Crippen molar-refractivity contribution in [1.29, 1.82) is 0 Å². The molecule has 0 spiro atoms. The summed E-state index contributed by atoms with van der Waals surface area (Å²) in [5.41, 5.74) is 2.60. The molecule has 0 radical (unpaired) electrons. The second-order valence-electron chi connectivity index (χ2n) is 4.87. The summed E-state index contributed by atoms with van der Waals surface area (Å²) in [4.78, 5) is 10.7. The molecule has 0 bridgehead atoms. The molecule has 0 aliphatic carbocycles. The fourth-order valence-electron chi connectivity index (χ4n) is 2.14. The maximum atomic E-state index is 9.59. The number of aromatic nitrogens is 2. The molecule has 0 fully saturated rings. The van der Waals surface area contributed by atoms with Crippen LogP contribution >= 0.6 is 23.1 Å². The number of thiazole rings is 1. The lowest BCUT2D eigenvalue weighted by Crippen LogP contribution is -1.88. The molecule has 2 heterocycles. The number of hydrogen-bond acceptors (Lipinski definition) is 6. The number of nitrogens with zero attached hydrogens (tertiary/aromatic N) is 2. The molecule has 1 N–H and O–H groups in total. The minimum absolute atomic E-state index is 0.0663. The quantitative estimate of drug-likeness (QED) is 0.690. The average molecular weight is 344 g/mol. The van der Waals surface area contributed by atoms with Gasteiger partial charge in [0.15, 0.2) is 0 Å². The Morgan fingerprint density at radius 2 is 2.00 bits per heavy atom. The van der Waals surface area contributed by atoms with Crippen LogP contribution in [0.25, 0.3) is 11.3 Å². The Balaban J connectivity index is 1.89. The fourth-order valence-corrected chi connectivity index (χ4v) is 3.36. The highest BCUT2D eigenvalue weighted by molar-refractivity contribution is 7.98. The molecule has 3 rings (SSSR count). The van der Waals surface area contributed by atoms with E-state index in [1.165, 1.54) is 16.2 Å². The Bertz CT molecular complexity index is 801. The Kier molecular flexibility index (Phi) is 4.95. The maximum Gasteiger partial charge on any atom is 0.279 e. The Morgan fingerprint density at radius 3 is 2.65 bits per heavy atom. The predicted octanol–water partition coefficient (Wildman–Crippen LogP) is 4.52. The summed E-state index contributed by atoms with van der Waals surface area (Å²) in [5, 5.41) is 10.1. The van der Waals surface area contributed by atoms with Crippen LogP contribution in [-0.4, -0.2) is 21.3 Å². The number of thioether (sulfide) groups is 1. The highest BCUT2D eigenvalue weighted by atomic mass is 32.2. The normalized spacial score (nSPS) is 10.7. The summed E-state index contributed by atoms with van der Waals surface area (Å²) in [7, 11) is 0. The van der Waals surface area contributed by atoms with E-state index in [-0.39, 0.29) is 6.61 Å². The summed E-state index contributed by atoms with van der Waals surface area (Å²) < 4.78 is 5.82. The van der Waals surface area contributed by atoms with Gasteiger partial charge in [0.05, 0.1) is 17.2 Å². The van der Waals surface area contributed by atoms with Crippen LogP contribution in [0.1, 0.15) is 10.6 Å². The molecule has 0 aliphatic rings. The molecule has 0 atom stereocenters. The van der Waals surface area contributed by atoms with Crippen LogP contribution in [0.15, 0.2) is 47.5 Å². The molecule has 0 unspecified atom stereocenters. The summed E-state index contributed by atoms with van der Waals surface area (Å²) >= 11 is 3.04. The molecule has 4 nitrogen and oxygen atoms in total. The van der Waals surface area contributed by atoms with Crippen LogP contribution in [0.5, 0.6) is 10.9 Å². The molecule has 0 saturated carbocycles. The topological polar surface area (TPSA) is 55.2 Å². The molecule has 3 aromatic rings. The number of ether oxygens (including phenoxy) is 1. The van der Waals surface area contributed by atoms with Gasteiger partial charge in [-0.15, -0.1) is 11.8 Å². The lowest BCUT2D eigenvalue weighted by atomic mass is 10.1. The third-order valence-corrected chi connectivity index (χ3v) is 4.92. The number of hydrogen-bond donors (Lipinski definition) is 1. The second kappa shape index (κ2) is 7.12. The van der Waals surface area contributed by atoms with Crippen molar-refractivity contribution in [2.24, 2.45) is 0 Å². The van der Waals surface area contributed by atoms with E-state index in [0.717, 1.165) is 27.6 Å². The van der Waals surface area contributed by atoms with Gasteiger partial charge in [0, 0.05) is 22.3 Å². The largest absolute Gasteiger partial charge is 0.431 e. The van der Waals surface area contributed by atoms with Crippen LogP contribution in [0.3, 0.4) is 0 Å². The number of pyridine rings is 1. The van der Waals surface area contributed by atoms with Crippen LogP contribution in [-0.2, 0) is 6.61 Å². The van der Waals surface area contributed by atoms with Gasteiger partial charge in [-0.1, -0.05) is 11.3 Å². The highest BCUT2D eigenvalue weighted by Crippen LogP contribution is 2.35. The van der Waals surface area contributed by atoms with Crippen molar-refractivity contribution in [3.8, 4) is 22.2 Å². The van der Waals surface area contributed by atoms with Gasteiger partial charge in [-0.05, 0) is 49.6 Å². The highest BCUT2D eigenvalue weighted by Gasteiger charge is 2.14. The van der Waals surface area contributed by atoms with Gasteiger partial charge >= 0.3 is 0 Å². The van der Waals surface area contributed by atoms with Gasteiger partial charge in [-0.2, -0.15) is 0 Å². The monoisotopic (exact) mass is 344 g/mol. The van der Waals surface area contributed by atoms with E-state index in [1.54, 1.807) is 18.0 Å². The first kappa shape index (κ1) is 16.0. The molecule has 0 aliphatic heterocycles. The van der Waals surface area contributed by atoms with Crippen LogP contribution in [0.4, 0.5) is 0 Å². The lowest BCUT2D eigenvalue weighted by Gasteiger charge is -2.02. The second-order valence-corrected chi connectivity index (χ2v) is 6.80. The summed E-state index contributed by atoms with van der Waals surface area (Å²) in [5.74, 6) is 0.735. The zero-order valence-corrected chi connectivity index (χ0v) is 14.4. The van der Waals surface area contributed by atoms with Crippen molar-refractivity contribution < 1.29 is 9.84 Å². The molecular formula is C17H16N2O2S2. The molecule has 0 amide bonds. The first-order chi connectivity index (χ1) is 11.2. The predicted molar refractivity (Wildman–Crippen MR) is 94.3 cm³/mol. The standard InChI is InChI=1S/C17H16N2O2S2/c1-11-9-12(7-8-18-11)16-15(10-20)23-17(19-16)21-13-3-5-14(22-2)6-4-13/h3-9,20H,10H2,1-2H3. The van der Waals surface area contributed by atoms with E-state index in [1.807, 2.05) is 49.6 Å². The van der Waals surface area contributed by atoms with Gasteiger partial charge in [-0.25, -0.2) is 4.98 Å². The van der Waals surface area contributed by atoms with Crippen molar-refractivity contribution in [2.75, 3.05) is 6.26 Å². The van der Waals surface area contributed by atoms with Crippen molar-refractivity contribution in [3.05, 3.63) is 53.2 Å². The minimum Gasteiger partial charge on any atom is -0.431 e. The van der Waals surface area contributed by atoms with Gasteiger partial charge in [-0.3, -0.25) is 4.98 Å². The van der Waals surface area contributed by atoms with Crippen LogP contribution in [0.2, 0.25) is 0 Å². The smallest absolute Gasteiger partial charge is 0.279 e. The third-order valence-electron chi connectivity index (χ3n) is 3.26. The summed E-state index contributed by atoms with van der Waals surface area (Å²) in [6.45, 7) is 1.86. The number of aliphatic hydroxyl groups is 1. The molecule has 2 aromatic heterocycles. The van der Waals surface area contributed by atoms with Crippen molar-refractivity contribution in [3.63, 3.8) is 0 Å². The lowest BCUT2D eigenvalue weighted by molar-refractivity contribution is 0.286. The first-order valence-corrected chi connectivity index (χ1v) is 9.09. The molecule has 6 heteroatoms. The zero-order valence-electron chi connectivity index (χ0n) is 12.8. The summed E-state index contributed by atoms with van der Waals surface area (Å²) in [6.07, 6.45) is 3.78. The van der Waals surface area contributed by atoms with Gasteiger partial charge < -0.3 is 9.84 Å². The molecular weight excluding hydrogens is 328 g/mol. The van der Waals surface area contributed by atoms with E-state index in [0.29, 0.717) is 5.19 Å². The SMILES string of the molecule is CSc1ccc(Oc2nc(-c3ccnc(C)c3)c(CO)s2)cc1. The van der Waals surface area contributed by atoms with Gasteiger partial charge in [0.2, 0.25) is 0 Å². The first-order valence-electron chi connectivity index (χ1n) is 7.05. The van der Waals surface area contributed by atoms with Crippen molar-refractivity contribution in [2.45, 2.75) is 18.4 Å². The van der Waals surface area contributed by atoms with Crippen LogP contribution < -0.4 is 4.74 Å². The summed E-state index contributed by atoms with van der Waals surface area (Å²) in [6, 6.07) is 11.7. The Labute approximate surface area is 143 Å². The molecule has 23 heavy (non-hydrogen) atoms. The van der Waals surface area contributed by atoms with E-state index in [9.17, 15) is 5.11 Å². The van der Waals surface area contributed by atoms with Crippen LogP contribution in [0, 0.1) is 6.92 Å². The molecule has 118 valence electrons. The zero-order chi connectivity index (χ0) is 16.2. The Hall–Kier alpha value is -1.89. The molecule has 0 saturated heterocycles. The fraction of sp³-hybridized carbons (Fsp3) is 0.176. The van der Waals surface area contributed by atoms with Gasteiger partial charge in [0.1, 0.15) is 5.75 Å².